The number of hydrogen-bond donors (Lipinski definition) is 2. The van der Waals surface area contributed by atoms with Crippen LogP contribution in [0.1, 0.15) is 44.9 Å². The zero-order valence-corrected chi connectivity index (χ0v) is 12.4. The standard InChI is InChI=1S/C14H22N6O/c1-2-7-15-11-6-4-3-5-10(11)8-13-17-14(19-21-13)12-9-16-20-18-12/h9-11,15H,2-8H2,1H3,(H,16,18,20). The van der Waals surface area contributed by atoms with Crippen LogP contribution in [0.25, 0.3) is 11.5 Å². The molecule has 21 heavy (non-hydrogen) atoms. The number of aromatic nitrogens is 5. The fraction of sp³-hybridized carbons (Fsp3) is 0.714. The normalized spacial score (nSPS) is 22.5. The van der Waals surface area contributed by atoms with Gasteiger partial charge >= 0.3 is 0 Å². The topological polar surface area (TPSA) is 92.5 Å². The highest BCUT2D eigenvalue weighted by molar-refractivity contribution is 5.44. The molecule has 1 aliphatic rings. The van der Waals surface area contributed by atoms with Gasteiger partial charge in [0.05, 0.1) is 6.20 Å². The maximum Gasteiger partial charge on any atom is 0.227 e. The number of nitrogens with one attached hydrogen (secondary N) is 2. The Labute approximate surface area is 123 Å². The summed E-state index contributed by atoms with van der Waals surface area (Å²) in [6.45, 7) is 3.28. The van der Waals surface area contributed by atoms with Gasteiger partial charge in [0.1, 0.15) is 0 Å². The fourth-order valence-corrected chi connectivity index (χ4v) is 3.03. The third-order valence-corrected chi connectivity index (χ3v) is 4.11. The first kappa shape index (κ1) is 14.2. The van der Waals surface area contributed by atoms with E-state index in [4.69, 9.17) is 4.52 Å². The minimum absolute atomic E-state index is 0.507. The van der Waals surface area contributed by atoms with Gasteiger partial charge in [-0.3, -0.25) is 0 Å². The number of rotatable bonds is 6. The molecule has 0 aromatic carbocycles. The van der Waals surface area contributed by atoms with Gasteiger partial charge < -0.3 is 9.84 Å². The minimum Gasteiger partial charge on any atom is -0.339 e. The number of aromatic amines is 1. The minimum atomic E-state index is 0.507. The molecule has 3 rings (SSSR count). The zero-order chi connectivity index (χ0) is 14.5. The van der Waals surface area contributed by atoms with Crippen LogP contribution in [0.4, 0.5) is 0 Å². The van der Waals surface area contributed by atoms with Crippen molar-refractivity contribution in [3.63, 3.8) is 0 Å². The van der Waals surface area contributed by atoms with E-state index in [0.29, 0.717) is 29.4 Å². The Morgan fingerprint density at radius 2 is 2.29 bits per heavy atom. The Morgan fingerprint density at radius 3 is 3.10 bits per heavy atom. The molecule has 0 radical (unpaired) electrons. The lowest BCUT2D eigenvalue weighted by molar-refractivity contribution is 0.240. The molecule has 1 fully saturated rings. The lowest BCUT2D eigenvalue weighted by Gasteiger charge is -2.31. The summed E-state index contributed by atoms with van der Waals surface area (Å²) in [5.41, 5.74) is 0.620. The summed E-state index contributed by atoms with van der Waals surface area (Å²) in [7, 11) is 0. The average molecular weight is 290 g/mol. The van der Waals surface area contributed by atoms with Gasteiger partial charge in [0.25, 0.3) is 0 Å². The molecular weight excluding hydrogens is 268 g/mol. The molecule has 2 unspecified atom stereocenters. The molecule has 7 heteroatoms. The van der Waals surface area contributed by atoms with Crippen molar-refractivity contribution in [2.45, 2.75) is 51.5 Å². The first-order chi connectivity index (χ1) is 10.4. The third kappa shape index (κ3) is 3.47. The Morgan fingerprint density at radius 1 is 1.38 bits per heavy atom. The zero-order valence-electron chi connectivity index (χ0n) is 12.4. The molecule has 0 amide bonds. The first-order valence-electron chi connectivity index (χ1n) is 7.79. The maximum atomic E-state index is 5.37. The van der Waals surface area contributed by atoms with Crippen molar-refractivity contribution in [1.29, 1.82) is 0 Å². The average Bonchev–Trinajstić information content (AvgIpc) is 3.17. The first-order valence-corrected chi connectivity index (χ1v) is 7.79. The largest absolute Gasteiger partial charge is 0.339 e. The molecule has 114 valence electrons. The van der Waals surface area contributed by atoms with Crippen LogP contribution in [0, 0.1) is 5.92 Å². The fourth-order valence-electron chi connectivity index (χ4n) is 3.03. The van der Waals surface area contributed by atoms with Gasteiger partial charge in [-0.1, -0.05) is 24.9 Å². The Balaban J connectivity index is 1.64. The van der Waals surface area contributed by atoms with Gasteiger partial charge in [-0.05, 0) is 31.7 Å². The highest BCUT2D eigenvalue weighted by Gasteiger charge is 2.26. The van der Waals surface area contributed by atoms with E-state index in [-0.39, 0.29) is 0 Å². The van der Waals surface area contributed by atoms with Crippen LogP contribution in [0.5, 0.6) is 0 Å². The van der Waals surface area contributed by atoms with Crippen molar-refractivity contribution in [3.05, 3.63) is 12.1 Å². The summed E-state index contributed by atoms with van der Waals surface area (Å²) in [6, 6.07) is 0.570. The van der Waals surface area contributed by atoms with Gasteiger partial charge in [0.15, 0.2) is 5.69 Å². The van der Waals surface area contributed by atoms with E-state index in [1.54, 1.807) is 6.20 Å². The summed E-state index contributed by atoms with van der Waals surface area (Å²) in [5, 5.41) is 17.9. The molecule has 2 heterocycles. The molecule has 2 N–H and O–H groups in total. The summed E-state index contributed by atoms with van der Waals surface area (Å²) < 4.78 is 5.37. The van der Waals surface area contributed by atoms with Crippen LogP contribution >= 0.6 is 0 Å². The van der Waals surface area contributed by atoms with E-state index in [1.165, 1.54) is 32.1 Å². The Hall–Kier alpha value is -1.76. The molecule has 0 aliphatic heterocycles. The van der Waals surface area contributed by atoms with Gasteiger partial charge in [0.2, 0.25) is 11.7 Å². The third-order valence-electron chi connectivity index (χ3n) is 4.11. The predicted molar refractivity (Wildman–Crippen MR) is 77.4 cm³/mol. The number of H-pyrrole nitrogens is 1. The van der Waals surface area contributed by atoms with Crippen LogP contribution < -0.4 is 5.32 Å². The van der Waals surface area contributed by atoms with Crippen molar-refractivity contribution in [3.8, 4) is 11.5 Å². The second-order valence-corrected chi connectivity index (χ2v) is 5.68. The van der Waals surface area contributed by atoms with Crippen LogP contribution in [-0.4, -0.2) is 38.1 Å². The van der Waals surface area contributed by atoms with E-state index in [1.807, 2.05) is 0 Å². The van der Waals surface area contributed by atoms with Crippen molar-refractivity contribution in [2.24, 2.45) is 5.92 Å². The highest BCUT2D eigenvalue weighted by Crippen LogP contribution is 2.27. The molecule has 7 nitrogen and oxygen atoms in total. The Bertz CT molecular complexity index is 537. The molecular formula is C14H22N6O. The molecule has 0 spiro atoms. The quantitative estimate of drug-likeness (QED) is 0.844. The van der Waals surface area contributed by atoms with Gasteiger partial charge in [-0.25, -0.2) is 0 Å². The second-order valence-electron chi connectivity index (χ2n) is 5.68. The lowest BCUT2D eigenvalue weighted by atomic mass is 9.82. The van der Waals surface area contributed by atoms with Crippen LogP contribution in [0.2, 0.25) is 0 Å². The second kappa shape index (κ2) is 6.80. The summed E-state index contributed by atoms with van der Waals surface area (Å²) >= 11 is 0. The number of nitrogens with zero attached hydrogens (tertiary/aromatic N) is 4. The SMILES string of the molecule is CCCNC1CCCCC1Cc1nc(-c2cn[nH]n2)no1. The lowest BCUT2D eigenvalue weighted by Crippen LogP contribution is -2.39. The van der Waals surface area contributed by atoms with E-state index in [9.17, 15) is 0 Å². The molecule has 2 aromatic heterocycles. The summed E-state index contributed by atoms with van der Waals surface area (Å²) in [6.07, 6.45) is 8.68. The van der Waals surface area contributed by atoms with Crippen molar-refractivity contribution in [1.82, 2.24) is 30.9 Å². The van der Waals surface area contributed by atoms with Crippen molar-refractivity contribution < 1.29 is 4.52 Å². The Kier molecular flexibility index (Phi) is 4.59. The van der Waals surface area contributed by atoms with E-state index >= 15 is 0 Å². The molecule has 1 aliphatic carbocycles. The van der Waals surface area contributed by atoms with E-state index < -0.39 is 0 Å². The van der Waals surface area contributed by atoms with E-state index in [0.717, 1.165) is 13.0 Å². The van der Waals surface area contributed by atoms with Crippen LogP contribution in [0.15, 0.2) is 10.7 Å². The van der Waals surface area contributed by atoms with Crippen molar-refractivity contribution >= 4 is 0 Å². The molecule has 1 saturated carbocycles. The van der Waals surface area contributed by atoms with Gasteiger partial charge in [-0.15, -0.1) is 0 Å². The van der Waals surface area contributed by atoms with Gasteiger partial charge in [0, 0.05) is 12.5 Å². The molecule has 0 bridgehead atoms. The highest BCUT2D eigenvalue weighted by atomic mass is 16.5. The summed E-state index contributed by atoms with van der Waals surface area (Å²) in [4.78, 5) is 4.43. The van der Waals surface area contributed by atoms with Gasteiger partial charge in [-0.2, -0.15) is 20.4 Å². The predicted octanol–water partition coefficient (Wildman–Crippen LogP) is 1.96. The summed E-state index contributed by atoms with van der Waals surface area (Å²) in [5.74, 6) is 1.78. The molecule has 2 atom stereocenters. The monoisotopic (exact) mass is 290 g/mol. The van der Waals surface area contributed by atoms with Crippen LogP contribution in [0.3, 0.4) is 0 Å². The number of hydrogen-bond acceptors (Lipinski definition) is 6. The van der Waals surface area contributed by atoms with Crippen LogP contribution in [-0.2, 0) is 6.42 Å². The van der Waals surface area contributed by atoms with Crippen molar-refractivity contribution in [2.75, 3.05) is 6.54 Å². The van der Waals surface area contributed by atoms with E-state index in [2.05, 4.69) is 37.8 Å². The maximum absolute atomic E-state index is 5.37. The smallest absolute Gasteiger partial charge is 0.227 e. The molecule has 2 aromatic rings. The molecule has 0 saturated heterocycles.